The summed E-state index contributed by atoms with van der Waals surface area (Å²) in [5, 5.41) is 15.5. The van der Waals surface area contributed by atoms with E-state index in [1.807, 2.05) is 12.1 Å². The fourth-order valence-corrected chi connectivity index (χ4v) is 4.73. The summed E-state index contributed by atoms with van der Waals surface area (Å²) in [6.07, 6.45) is 4.09. The molecule has 0 aliphatic carbocycles. The number of piperidine rings is 3. The highest BCUT2D eigenvalue weighted by Gasteiger charge is 2.50. The maximum absolute atomic E-state index is 13.0. The lowest BCUT2D eigenvalue weighted by Crippen LogP contribution is -2.62. The highest BCUT2D eigenvalue weighted by atomic mass is 19.1. The van der Waals surface area contributed by atoms with Gasteiger partial charge in [0, 0.05) is 44.9 Å². The quantitative estimate of drug-likeness (QED) is 0.645. The molecule has 4 heterocycles. The molecule has 6 heteroatoms. The number of hydroxylamine groups is 3. The molecule has 1 aromatic rings. The molecule has 1 N–H and O–H groups in total. The molecule has 1 unspecified atom stereocenters. The Balaban J connectivity index is 1.25. The summed E-state index contributed by atoms with van der Waals surface area (Å²) in [4.78, 5) is 15.2. The number of benzene rings is 1. The third-order valence-electron chi connectivity index (χ3n) is 6.71. The predicted molar refractivity (Wildman–Crippen MR) is 97.6 cm³/mol. The molecule has 4 aliphatic rings. The second kappa shape index (κ2) is 6.91. The van der Waals surface area contributed by atoms with Crippen LogP contribution in [0.1, 0.15) is 31.2 Å². The van der Waals surface area contributed by atoms with Gasteiger partial charge in [0.15, 0.2) is 0 Å². The molecular weight excluding hydrogens is 333 g/mol. The number of nitrogens with zero attached hydrogens (tertiary/aromatic N) is 2. The van der Waals surface area contributed by atoms with Crippen molar-refractivity contribution >= 4 is 5.91 Å². The number of rotatable bonds is 5. The molecule has 5 rings (SSSR count). The van der Waals surface area contributed by atoms with E-state index in [1.165, 1.54) is 12.1 Å². The Kier molecular flexibility index (Phi) is 4.75. The Bertz CT molecular complexity index is 639. The molecule has 2 bridgehead atoms. The van der Waals surface area contributed by atoms with Crippen molar-refractivity contribution in [2.75, 3.05) is 39.3 Å². The van der Waals surface area contributed by atoms with Crippen LogP contribution in [0.3, 0.4) is 0 Å². The van der Waals surface area contributed by atoms with Gasteiger partial charge in [-0.1, -0.05) is 12.1 Å². The van der Waals surface area contributed by atoms with Crippen molar-refractivity contribution in [3.63, 3.8) is 0 Å². The van der Waals surface area contributed by atoms with E-state index >= 15 is 0 Å². The molecule has 0 spiro atoms. The van der Waals surface area contributed by atoms with Gasteiger partial charge in [0.25, 0.3) is 0 Å². The molecular formula is C20H28FN3O2. The molecule has 0 saturated carbocycles. The number of likely N-dealkylation sites (tertiary alicyclic amines) is 1. The third kappa shape index (κ3) is 3.63. The van der Waals surface area contributed by atoms with E-state index in [9.17, 15) is 14.4 Å². The molecule has 1 aromatic carbocycles. The summed E-state index contributed by atoms with van der Waals surface area (Å²) in [5.41, 5.74) is 0.854. The van der Waals surface area contributed by atoms with E-state index in [1.54, 1.807) is 0 Å². The Morgan fingerprint density at radius 1 is 1.23 bits per heavy atom. The number of amides is 1. The number of halogens is 1. The van der Waals surface area contributed by atoms with Crippen LogP contribution in [0.2, 0.25) is 0 Å². The number of carbonyl (C=O) groups excluding carboxylic acids is 1. The molecule has 4 fully saturated rings. The molecule has 142 valence electrons. The van der Waals surface area contributed by atoms with Gasteiger partial charge in [0.05, 0.1) is 25.0 Å². The van der Waals surface area contributed by atoms with Crippen molar-refractivity contribution < 1.29 is 13.8 Å². The lowest BCUT2D eigenvalue weighted by atomic mass is 9.71. The normalized spacial score (nSPS) is 34.2. The minimum absolute atomic E-state index is 0.0877. The molecule has 1 atom stereocenters. The Morgan fingerprint density at radius 2 is 1.88 bits per heavy atom. The molecule has 5 nitrogen and oxygen atoms in total. The maximum atomic E-state index is 13.0. The highest BCUT2D eigenvalue weighted by Crippen LogP contribution is 2.43. The van der Waals surface area contributed by atoms with Crippen LogP contribution < -0.4 is 5.32 Å². The predicted octanol–water partition coefficient (Wildman–Crippen LogP) is 2.06. The zero-order valence-electron chi connectivity index (χ0n) is 15.3. The van der Waals surface area contributed by atoms with Crippen molar-refractivity contribution in [3.05, 3.63) is 40.9 Å². The lowest BCUT2D eigenvalue weighted by Gasteiger charge is -2.56. The van der Waals surface area contributed by atoms with E-state index in [0.717, 1.165) is 57.3 Å². The molecule has 0 aromatic heterocycles. The van der Waals surface area contributed by atoms with E-state index in [4.69, 9.17) is 0 Å². The van der Waals surface area contributed by atoms with Crippen molar-refractivity contribution in [1.82, 2.24) is 10.2 Å². The summed E-state index contributed by atoms with van der Waals surface area (Å²) >= 11 is 0. The Labute approximate surface area is 154 Å². The molecule has 1 amide bonds. The van der Waals surface area contributed by atoms with Gasteiger partial charge in [-0.3, -0.25) is 4.79 Å². The monoisotopic (exact) mass is 361 g/mol. The summed E-state index contributed by atoms with van der Waals surface area (Å²) in [6.45, 7) is 4.59. The first-order valence-corrected chi connectivity index (χ1v) is 9.81. The van der Waals surface area contributed by atoms with Crippen LogP contribution >= 0.6 is 0 Å². The number of fused-ring (bicyclic) bond motifs is 3. The number of hydrogen-bond donors (Lipinski definition) is 1. The fourth-order valence-electron chi connectivity index (χ4n) is 4.73. The van der Waals surface area contributed by atoms with Crippen LogP contribution in [0.5, 0.6) is 0 Å². The van der Waals surface area contributed by atoms with Crippen LogP contribution in [-0.2, 0) is 11.2 Å². The summed E-state index contributed by atoms with van der Waals surface area (Å²) in [6, 6.07) is 6.89. The van der Waals surface area contributed by atoms with Gasteiger partial charge < -0.3 is 20.1 Å². The minimum atomic E-state index is -0.286. The smallest absolute Gasteiger partial charge is 0.227 e. The van der Waals surface area contributed by atoms with Gasteiger partial charge in [-0.25, -0.2) is 4.39 Å². The van der Waals surface area contributed by atoms with Gasteiger partial charge in [0.1, 0.15) is 5.82 Å². The highest BCUT2D eigenvalue weighted by molar-refractivity contribution is 5.83. The second-order valence-corrected chi connectivity index (χ2v) is 8.40. The number of quaternary nitrogens is 1. The van der Waals surface area contributed by atoms with Gasteiger partial charge in [0.2, 0.25) is 5.91 Å². The number of carbonyl (C=O) groups is 1. The fraction of sp³-hybridized carbons (Fsp3) is 0.650. The first-order chi connectivity index (χ1) is 12.5. The molecule has 4 saturated heterocycles. The Morgan fingerprint density at radius 3 is 2.54 bits per heavy atom. The van der Waals surface area contributed by atoms with E-state index in [2.05, 4.69) is 10.2 Å². The van der Waals surface area contributed by atoms with Crippen LogP contribution in [-0.4, -0.2) is 60.8 Å². The van der Waals surface area contributed by atoms with Crippen molar-refractivity contribution in [3.8, 4) is 0 Å². The van der Waals surface area contributed by atoms with Gasteiger partial charge in [-0.15, -0.1) is 0 Å². The first kappa shape index (κ1) is 17.9. The maximum Gasteiger partial charge on any atom is 0.227 e. The van der Waals surface area contributed by atoms with Crippen molar-refractivity contribution in [1.29, 1.82) is 0 Å². The van der Waals surface area contributed by atoms with E-state index < -0.39 is 0 Å². The largest absolute Gasteiger partial charge is 0.633 e. The average molecular weight is 361 g/mol. The molecule has 0 radical (unpaired) electrons. The van der Waals surface area contributed by atoms with Crippen molar-refractivity contribution in [2.24, 2.45) is 5.41 Å². The van der Waals surface area contributed by atoms with Crippen LogP contribution in [0.4, 0.5) is 4.39 Å². The van der Waals surface area contributed by atoms with Crippen LogP contribution in [0, 0.1) is 16.4 Å². The second-order valence-electron chi connectivity index (χ2n) is 8.40. The standard InChI is InChI=1S/C20H28FN3O2/c21-17-3-1-16(2-4-17)5-10-23-11-6-18(15-23)22-19(25)20-7-12-24(26,13-8-20)14-9-20/h1-4,18H,5-15H2,(H,22,25). The minimum Gasteiger partial charge on any atom is -0.633 e. The third-order valence-corrected chi connectivity index (χ3v) is 6.71. The zero-order chi connectivity index (χ0) is 18.2. The van der Waals surface area contributed by atoms with E-state index in [-0.39, 0.29) is 27.8 Å². The zero-order valence-corrected chi connectivity index (χ0v) is 15.3. The first-order valence-electron chi connectivity index (χ1n) is 9.81. The SMILES string of the molecule is O=C(NC1CCN(CCc2ccc(F)cc2)C1)C12CC[N+]([O-])(CC1)CC2. The Hall–Kier alpha value is -1.50. The van der Waals surface area contributed by atoms with Gasteiger partial charge >= 0.3 is 0 Å². The molecule has 26 heavy (non-hydrogen) atoms. The number of nitrogens with one attached hydrogen (secondary N) is 1. The van der Waals surface area contributed by atoms with Crippen LogP contribution in [0.25, 0.3) is 0 Å². The summed E-state index contributed by atoms with van der Waals surface area (Å²) in [7, 11) is 0. The van der Waals surface area contributed by atoms with Crippen molar-refractivity contribution in [2.45, 2.75) is 38.1 Å². The lowest BCUT2D eigenvalue weighted by molar-refractivity contribution is -0.898. The van der Waals surface area contributed by atoms with Gasteiger partial charge in [-0.2, -0.15) is 0 Å². The molecule has 4 aliphatic heterocycles. The van der Waals surface area contributed by atoms with Crippen LogP contribution in [0.15, 0.2) is 24.3 Å². The van der Waals surface area contributed by atoms with Gasteiger partial charge in [-0.05, 0) is 30.5 Å². The summed E-state index contributed by atoms with van der Waals surface area (Å²) < 4.78 is 12.9. The average Bonchev–Trinajstić information content (AvgIpc) is 3.09. The topological polar surface area (TPSA) is 55.4 Å². The summed E-state index contributed by atoms with van der Waals surface area (Å²) in [5.74, 6) is -0.0237. The van der Waals surface area contributed by atoms with E-state index in [0.29, 0.717) is 19.6 Å². The number of hydrogen-bond acceptors (Lipinski definition) is 3.